The zero-order valence-electron chi connectivity index (χ0n) is 10.6. The van der Waals surface area contributed by atoms with Crippen LogP contribution in [0.25, 0.3) is 0 Å². The molecule has 0 amide bonds. The highest BCUT2D eigenvalue weighted by Crippen LogP contribution is 2.33. The summed E-state index contributed by atoms with van der Waals surface area (Å²) in [6.07, 6.45) is -1.43. The highest BCUT2D eigenvalue weighted by Gasteiger charge is 2.34. The second kappa shape index (κ2) is 5.48. The fourth-order valence-electron chi connectivity index (χ4n) is 1.73. The Bertz CT molecular complexity index is 608. The molecule has 0 spiro atoms. The Morgan fingerprint density at radius 3 is 2.60 bits per heavy atom. The van der Waals surface area contributed by atoms with Gasteiger partial charge in [0.2, 0.25) is 0 Å². The van der Waals surface area contributed by atoms with Gasteiger partial charge < -0.3 is 5.32 Å². The molecule has 0 saturated carbocycles. The molecule has 6 heteroatoms. The Morgan fingerprint density at radius 1 is 1.20 bits per heavy atom. The van der Waals surface area contributed by atoms with Gasteiger partial charge in [-0.2, -0.15) is 13.2 Å². The van der Waals surface area contributed by atoms with Crippen LogP contribution in [-0.4, -0.2) is 4.98 Å². The van der Waals surface area contributed by atoms with Crippen molar-refractivity contribution in [1.29, 1.82) is 0 Å². The van der Waals surface area contributed by atoms with Crippen LogP contribution in [0.3, 0.4) is 0 Å². The van der Waals surface area contributed by atoms with Crippen molar-refractivity contribution in [2.75, 3.05) is 5.32 Å². The fourth-order valence-corrected chi connectivity index (χ4v) is 1.73. The number of benzene rings is 1. The van der Waals surface area contributed by atoms with Crippen LogP contribution in [0, 0.1) is 12.7 Å². The van der Waals surface area contributed by atoms with Crippen LogP contribution >= 0.6 is 0 Å². The Balaban J connectivity index is 2.17. The highest BCUT2D eigenvalue weighted by molar-refractivity contribution is 5.47. The third kappa shape index (κ3) is 3.26. The summed E-state index contributed by atoms with van der Waals surface area (Å²) >= 11 is 0. The first-order valence-corrected chi connectivity index (χ1v) is 5.88. The van der Waals surface area contributed by atoms with E-state index in [0.717, 1.165) is 23.3 Å². The third-order valence-corrected chi connectivity index (χ3v) is 2.90. The molecule has 0 fully saturated rings. The van der Waals surface area contributed by atoms with Gasteiger partial charge in [0, 0.05) is 24.6 Å². The van der Waals surface area contributed by atoms with Crippen LogP contribution in [0.2, 0.25) is 0 Å². The zero-order valence-corrected chi connectivity index (χ0v) is 10.6. The molecule has 1 aromatic carbocycles. The Labute approximate surface area is 113 Å². The van der Waals surface area contributed by atoms with Crippen LogP contribution in [0.4, 0.5) is 23.2 Å². The van der Waals surface area contributed by atoms with Gasteiger partial charge in [-0.3, -0.25) is 4.98 Å². The van der Waals surface area contributed by atoms with Crippen LogP contribution in [0.1, 0.15) is 16.7 Å². The highest BCUT2D eigenvalue weighted by atomic mass is 19.4. The number of rotatable bonds is 3. The molecule has 0 aliphatic heterocycles. The summed E-state index contributed by atoms with van der Waals surface area (Å²) in [6, 6.07) is 4.65. The lowest BCUT2D eigenvalue weighted by Crippen LogP contribution is -2.09. The van der Waals surface area contributed by atoms with Crippen LogP contribution < -0.4 is 5.32 Å². The average molecular weight is 284 g/mol. The first-order chi connectivity index (χ1) is 9.38. The number of alkyl halides is 3. The standard InChI is InChI=1S/C14H12F4N2/c1-9-4-5-19-7-10(9)8-20-11-2-3-13(15)12(6-11)14(16,17)18/h2-7,20H,8H2,1H3. The number of nitrogens with one attached hydrogen (secondary N) is 1. The van der Waals surface area contributed by atoms with Gasteiger partial charge in [0.25, 0.3) is 0 Å². The first kappa shape index (κ1) is 14.3. The first-order valence-electron chi connectivity index (χ1n) is 5.88. The molecule has 2 aromatic rings. The number of hydrogen-bond acceptors (Lipinski definition) is 2. The number of pyridine rings is 1. The molecule has 1 N–H and O–H groups in total. The van der Waals surface area contributed by atoms with Gasteiger partial charge in [0.15, 0.2) is 0 Å². The van der Waals surface area contributed by atoms with Gasteiger partial charge in [0.05, 0.1) is 5.56 Å². The molecule has 20 heavy (non-hydrogen) atoms. The lowest BCUT2D eigenvalue weighted by atomic mass is 10.1. The third-order valence-electron chi connectivity index (χ3n) is 2.90. The van der Waals surface area contributed by atoms with Gasteiger partial charge in [-0.25, -0.2) is 4.39 Å². The normalized spacial score (nSPS) is 11.4. The lowest BCUT2D eigenvalue weighted by molar-refractivity contribution is -0.139. The predicted molar refractivity (Wildman–Crippen MR) is 67.7 cm³/mol. The molecular weight excluding hydrogens is 272 g/mol. The summed E-state index contributed by atoms with van der Waals surface area (Å²) < 4.78 is 50.9. The van der Waals surface area contributed by atoms with Crippen molar-refractivity contribution in [3.63, 3.8) is 0 Å². The second-order valence-electron chi connectivity index (χ2n) is 4.35. The molecule has 0 radical (unpaired) electrons. The van der Waals surface area contributed by atoms with Crippen molar-refractivity contribution in [1.82, 2.24) is 4.98 Å². The van der Waals surface area contributed by atoms with E-state index in [9.17, 15) is 17.6 Å². The second-order valence-corrected chi connectivity index (χ2v) is 4.35. The van der Waals surface area contributed by atoms with Crippen molar-refractivity contribution in [3.05, 3.63) is 59.2 Å². The maximum Gasteiger partial charge on any atom is 0.419 e. The quantitative estimate of drug-likeness (QED) is 0.856. The van der Waals surface area contributed by atoms with Gasteiger partial charge in [-0.1, -0.05) is 0 Å². The number of anilines is 1. The number of halogens is 4. The topological polar surface area (TPSA) is 24.9 Å². The van der Waals surface area contributed by atoms with Crippen molar-refractivity contribution < 1.29 is 17.6 Å². The minimum Gasteiger partial charge on any atom is -0.381 e. The van der Waals surface area contributed by atoms with E-state index in [4.69, 9.17) is 0 Å². The van der Waals surface area contributed by atoms with E-state index in [0.29, 0.717) is 6.54 Å². The maximum atomic E-state index is 13.1. The number of aryl methyl sites for hydroxylation is 1. The monoisotopic (exact) mass is 284 g/mol. The van der Waals surface area contributed by atoms with Gasteiger partial charge in [-0.05, 0) is 42.3 Å². The molecule has 0 aliphatic carbocycles. The number of aromatic nitrogens is 1. The Hall–Kier alpha value is -2.11. The summed E-state index contributed by atoms with van der Waals surface area (Å²) in [5.41, 5.74) is 0.781. The summed E-state index contributed by atoms with van der Waals surface area (Å²) in [6.45, 7) is 2.20. The van der Waals surface area contributed by atoms with Crippen LogP contribution in [0.15, 0.2) is 36.7 Å². The fraction of sp³-hybridized carbons (Fsp3) is 0.214. The molecule has 1 heterocycles. The van der Waals surface area contributed by atoms with E-state index >= 15 is 0 Å². The summed E-state index contributed by atoms with van der Waals surface area (Å²) in [7, 11) is 0. The van der Waals surface area contributed by atoms with Gasteiger partial charge in [0.1, 0.15) is 5.82 Å². The molecule has 2 rings (SSSR count). The predicted octanol–water partition coefficient (Wildman–Crippen LogP) is 4.16. The molecule has 0 atom stereocenters. The molecule has 0 unspecified atom stereocenters. The SMILES string of the molecule is Cc1ccncc1CNc1ccc(F)c(C(F)(F)F)c1. The molecule has 2 nitrogen and oxygen atoms in total. The molecule has 0 saturated heterocycles. The molecule has 106 valence electrons. The van der Waals surface area contributed by atoms with Crippen molar-refractivity contribution in [2.24, 2.45) is 0 Å². The van der Waals surface area contributed by atoms with E-state index in [1.807, 2.05) is 13.0 Å². The largest absolute Gasteiger partial charge is 0.419 e. The number of nitrogens with zero attached hydrogens (tertiary/aromatic N) is 1. The average Bonchev–Trinajstić information content (AvgIpc) is 2.38. The molecule has 0 bridgehead atoms. The zero-order chi connectivity index (χ0) is 14.8. The lowest BCUT2D eigenvalue weighted by Gasteiger charge is -2.12. The van der Waals surface area contributed by atoms with E-state index in [2.05, 4.69) is 10.3 Å². The van der Waals surface area contributed by atoms with Crippen LogP contribution in [0.5, 0.6) is 0 Å². The van der Waals surface area contributed by atoms with E-state index in [1.165, 1.54) is 6.07 Å². The molecular formula is C14H12F4N2. The molecule has 1 aromatic heterocycles. The molecule has 0 aliphatic rings. The van der Waals surface area contributed by atoms with Gasteiger partial charge >= 0.3 is 6.18 Å². The van der Waals surface area contributed by atoms with Crippen molar-refractivity contribution >= 4 is 5.69 Å². The summed E-state index contributed by atoms with van der Waals surface area (Å²) in [5, 5.41) is 2.83. The minimum absolute atomic E-state index is 0.210. The van der Waals surface area contributed by atoms with E-state index in [-0.39, 0.29) is 5.69 Å². The minimum atomic E-state index is -4.70. The maximum absolute atomic E-state index is 13.1. The van der Waals surface area contributed by atoms with E-state index < -0.39 is 17.6 Å². The number of hydrogen-bond donors (Lipinski definition) is 1. The Morgan fingerprint density at radius 2 is 1.95 bits per heavy atom. The van der Waals surface area contributed by atoms with Gasteiger partial charge in [-0.15, -0.1) is 0 Å². The van der Waals surface area contributed by atoms with E-state index in [1.54, 1.807) is 12.4 Å². The van der Waals surface area contributed by atoms with Crippen molar-refractivity contribution in [3.8, 4) is 0 Å². The smallest absolute Gasteiger partial charge is 0.381 e. The van der Waals surface area contributed by atoms with Crippen LogP contribution in [-0.2, 0) is 12.7 Å². The summed E-state index contributed by atoms with van der Waals surface area (Å²) in [4.78, 5) is 3.95. The summed E-state index contributed by atoms with van der Waals surface area (Å²) in [5.74, 6) is -1.28. The van der Waals surface area contributed by atoms with Crippen molar-refractivity contribution in [2.45, 2.75) is 19.6 Å². The Kier molecular flexibility index (Phi) is 3.92.